The molecule has 2 amide bonds. The van der Waals surface area contributed by atoms with Crippen molar-refractivity contribution in [3.63, 3.8) is 0 Å². The molecular weight excluding hydrogens is 406 g/mol. The zero-order valence-corrected chi connectivity index (χ0v) is 17.8. The van der Waals surface area contributed by atoms with E-state index >= 15 is 0 Å². The second-order valence-electron chi connectivity index (χ2n) is 7.23. The highest BCUT2D eigenvalue weighted by Crippen LogP contribution is 2.27. The van der Waals surface area contributed by atoms with Gasteiger partial charge < -0.3 is 15.1 Å². The minimum Gasteiger partial charge on any atom is -0.460 e. The van der Waals surface area contributed by atoms with E-state index in [1.807, 2.05) is 31.2 Å². The standard InChI is InChI=1S/C24H23N5O3/c1-3-21-20(19-6-4-5-7-22(19)32-21)12-13-23(30)27-17-8-10-18(11-9-17)28-24(31)16(2)29-15-25-14-26-29/h4-16H,3H2,1-2H3,(H,27,30)(H,28,31)/b13-12+. The highest BCUT2D eigenvalue weighted by molar-refractivity contribution is 6.03. The largest absolute Gasteiger partial charge is 0.460 e. The van der Waals surface area contributed by atoms with Gasteiger partial charge in [-0.15, -0.1) is 0 Å². The van der Waals surface area contributed by atoms with E-state index in [9.17, 15) is 9.59 Å². The summed E-state index contributed by atoms with van der Waals surface area (Å²) in [6, 6.07) is 14.2. The quantitative estimate of drug-likeness (QED) is 0.423. The van der Waals surface area contributed by atoms with Gasteiger partial charge in [0, 0.05) is 34.8 Å². The average Bonchev–Trinajstić information content (AvgIpc) is 3.46. The van der Waals surface area contributed by atoms with Gasteiger partial charge in [0.15, 0.2) is 0 Å². The summed E-state index contributed by atoms with van der Waals surface area (Å²) in [4.78, 5) is 28.6. The lowest BCUT2D eigenvalue weighted by Gasteiger charge is -2.12. The molecule has 0 saturated carbocycles. The normalized spacial score (nSPS) is 12.2. The Balaban J connectivity index is 1.38. The molecule has 4 aromatic rings. The first-order chi connectivity index (χ1) is 15.5. The molecule has 0 spiro atoms. The second kappa shape index (κ2) is 9.30. The number of rotatable bonds is 7. The van der Waals surface area contributed by atoms with Gasteiger partial charge in [-0.25, -0.2) is 9.67 Å². The Morgan fingerprint density at radius 2 is 1.81 bits per heavy atom. The number of hydrogen-bond donors (Lipinski definition) is 2. The number of fused-ring (bicyclic) bond motifs is 1. The van der Waals surface area contributed by atoms with Gasteiger partial charge in [-0.1, -0.05) is 25.1 Å². The van der Waals surface area contributed by atoms with Crippen molar-refractivity contribution < 1.29 is 14.0 Å². The number of aryl methyl sites for hydroxylation is 1. The summed E-state index contributed by atoms with van der Waals surface area (Å²) in [5.41, 5.74) is 2.96. The van der Waals surface area contributed by atoms with Gasteiger partial charge >= 0.3 is 0 Å². The summed E-state index contributed by atoms with van der Waals surface area (Å²) in [5, 5.41) is 10.6. The minimum atomic E-state index is -0.492. The lowest BCUT2D eigenvalue weighted by molar-refractivity contribution is -0.119. The van der Waals surface area contributed by atoms with E-state index in [1.165, 1.54) is 23.4 Å². The molecular formula is C24H23N5O3. The molecule has 0 bridgehead atoms. The van der Waals surface area contributed by atoms with E-state index in [2.05, 4.69) is 20.7 Å². The van der Waals surface area contributed by atoms with Crippen LogP contribution in [0.2, 0.25) is 0 Å². The summed E-state index contributed by atoms with van der Waals surface area (Å²) < 4.78 is 7.33. The number of hydrogen-bond acceptors (Lipinski definition) is 5. The Labute approximate surface area is 185 Å². The van der Waals surface area contributed by atoms with Crippen LogP contribution in [0, 0.1) is 0 Å². The molecule has 1 unspecified atom stereocenters. The molecule has 0 aliphatic carbocycles. The van der Waals surface area contributed by atoms with Crippen LogP contribution in [-0.4, -0.2) is 26.6 Å². The van der Waals surface area contributed by atoms with E-state index in [1.54, 1.807) is 37.3 Å². The number of benzene rings is 2. The first-order valence-corrected chi connectivity index (χ1v) is 10.3. The topological polar surface area (TPSA) is 102 Å². The minimum absolute atomic E-state index is 0.214. The molecule has 32 heavy (non-hydrogen) atoms. The maximum absolute atomic E-state index is 12.4. The number of anilines is 2. The van der Waals surface area contributed by atoms with Crippen molar-refractivity contribution >= 4 is 40.2 Å². The molecule has 2 aromatic carbocycles. The average molecular weight is 429 g/mol. The van der Waals surface area contributed by atoms with E-state index in [0.717, 1.165) is 28.7 Å². The zero-order valence-electron chi connectivity index (χ0n) is 17.8. The molecule has 0 fully saturated rings. The lowest BCUT2D eigenvalue weighted by atomic mass is 10.1. The molecule has 0 saturated heterocycles. The molecule has 8 heteroatoms. The monoisotopic (exact) mass is 429 g/mol. The second-order valence-corrected chi connectivity index (χ2v) is 7.23. The number of carbonyl (C=O) groups excluding carboxylic acids is 2. The van der Waals surface area contributed by atoms with Crippen LogP contribution in [0.15, 0.2) is 71.7 Å². The predicted molar refractivity (Wildman–Crippen MR) is 123 cm³/mol. The smallest absolute Gasteiger partial charge is 0.249 e. The van der Waals surface area contributed by atoms with Gasteiger partial charge in [0.1, 0.15) is 30.0 Å². The molecule has 0 aliphatic rings. The van der Waals surface area contributed by atoms with Crippen LogP contribution in [0.4, 0.5) is 11.4 Å². The Morgan fingerprint density at radius 3 is 2.50 bits per heavy atom. The van der Waals surface area contributed by atoms with E-state index in [0.29, 0.717) is 11.4 Å². The van der Waals surface area contributed by atoms with Crippen molar-refractivity contribution in [3.8, 4) is 0 Å². The number of nitrogens with zero attached hydrogens (tertiary/aromatic N) is 3. The molecule has 1 atom stereocenters. The fourth-order valence-electron chi connectivity index (χ4n) is 3.33. The first kappa shape index (κ1) is 21.0. The van der Waals surface area contributed by atoms with Crippen molar-refractivity contribution in [3.05, 3.63) is 78.6 Å². The molecule has 8 nitrogen and oxygen atoms in total. The van der Waals surface area contributed by atoms with Crippen LogP contribution in [0.25, 0.3) is 17.0 Å². The van der Waals surface area contributed by atoms with Crippen LogP contribution in [0.3, 0.4) is 0 Å². The fraction of sp³-hybridized carbons (Fsp3) is 0.167. The summed E-state index contributed by atoms with van der Waals surface area (Å²) in [6.07, 6.45) is 6.88. The van der Waals surface area contributed by atoms with E-state index in [-0.39, 0.29) is 11.8 Å². The Bertz CT molecular complexity index is 1260. The SMILES string of the molecule is CCc1oc2ccccc2c1/C=C/C(=O)Nc1ccc(NC(=O)C(C)n2cncn2)cc1. The third-order valence-corrected chi connectivity index (χ3v) is 5.07. The van der Waals surface area contributed by atoms with Gasteiger partial charge in [0.25, 0.3) is 0 Å². The van der Waals surface area contributed by atoms with Crippen LogP contribution in [0.1, 0.15) is 31.2 Å². The maximum atomic E-state index is 12.4. The molecule has 0 radical (unpaired) electrons. The highest BCUT2D eigenvalue weighted by Gasteiger charge is 2.15. The molecule has 2 N–H and O–H groups in total. The van der Waals surface area contributed by atoms with Gasteiger partial charge in [-0.2, -0.15) is 5.10 Å². The van der Waals surface area contributed by atoms with Crippen LogP contribution in [0.5, 0.6) is 0 Å². The number of nitrogens with one attached hydrogen (secondary N) is 2. The van der Waals surface area contributed by atoms with Gasteiger partial charge in [0.05, 0.1) is 0 Å². The number of aromatic nitrogens is 3. The van der Waals surface area contributed by atoms with E-state index in [4.69, 9.17) is 4.42 Å². The Kier molecular flexibility index (Phi) is 6.12. The van der Waals surface area contributed by atoms with Crippen molar-refractivity contribution in [2.75, 3.05) is 10.6 Å². The van der Waals surface area contributed by atoms with Crippen molar-refractivity contribution in [2.24, 2.45) is 0 Å². The van der Waals surface area contributed by atoms with Gasteiger partial charge in [-0.3, -0.25) is 9.59 Å². The molecule has 2 aromatic heterocycles. The summed E-state index contributed by atoms with van der Waals surface area (Å²) >= 11 is 0. The molecule has 4 rings (SSSR count). The third-order valence-electron chi connectivity index (χ3n) is 5.07. The lowest BCUT2D eigenvalue weighted by Crippen LogP contribution is -2.24. The van der Waals surface area contributed by atoms with Gasteiger partial charge in [0.2, 0.25) is 11.8 Å². The summed E-state index contributed by atoms with van der Waals surface area (Å²) in [5.74, 6) is 0.374. The zero-order chi connectivity index (χ0) is 22.5. The van der Waals surface area contributed by atoms with Gasteiger partial charge in [-0.05, 0) is 43.3 Å². The van der Waals surface area contributed by atoms with Crippen molar-refractivity contribution in [2.45, 2.75) is 26.3 Å². The highest BCUT2D eigenvalue weighted by atomic mass is 16.3. The van der Waals surface area contributed by atoms with Crippen LogP contribution >= 0.6 is 0 Å². The summed E-state index contributed by atoms with van der Waals surface area (Å²) in [7, 11) is 0. The number of carbonyl (C=O) groups is 2. The van der Waals surface area contributed by atoms with E-state index < -0.39 is 6.04 Å². The predicted octanol–water partition coefficient (Wildman–Crippen LogP) is 4.44. The van der Waals surface area contributed by atoms with Crippen LogP contribution in [-0.2, 0) is 16.0 Å². The molecule has 2 heterocycles. The fourth-order valence-corrected chi connectivity index (χ4v) is 3.33. The number of furan rings is 1. The van der Waals surface area contributed by atoms with Crippen LogP contribution < -0.4 is 10.6 Å². The first-order valence-electron chi connectivity index (χ1n) is 10.3. The maximum Gasteiger partial charge on any atom is 0.249 e. The number of para-hydroxylation sites is 1. The molecule has 162 valence electrons. The van der Waals surface area contributed by atoms with Crippen molar-refractivity contribution in [1.82, 2.24) is 14.8 Å². The number of amides is 2. The third kappa shape index (κ3) is 4.59. The molecule has 0 aliphatic heterocycles. The Morgan fingerprint density at radius 1 is 1.09 bits per heavy atom. The summed E-state index contributed by atoms with van der Waals surface area (Å²) in [6.45, 7) is 3.75. The van der Waals surface area contributed by atoms with Crippen molar-refractivity contribution in [1.29, 1.82) is 0 Å². The Hall–Kier alpha value is -4.20.